The van der Waals surface area contributed by atoms with Crippen molar-refractivity contribution in [2.45, 2.75) is 135 Å². The van der Waals surface area contributed by atoms with Crippen LogP contribution in [0.4, 0.5) is 10.5 Å². The largest absolute Gasteiger partial charge is 0.465 e. The fourth-order valence-corrected chi connectivity index (χ4v) is 8.31. The number of ether oxygens (including phenoxy) is 5. The molecule has 3 aromatic carbocycles. The predicted molar refractivity (Wildman–Crippen MR) is 242 cm³/mol. The monoisotopic (exact) mass is 855 g/mol. The highest BCUT2D eigenvalue weighted by atomic mass is 28.3. The summed E-state index contributed by atoms with van der Waals surface area (Å²) in [7, 11) is -2.54. The average Bonchev–Trinajstić information content (AvgIpc) is 3.18. The molecule has 330 valence electrons. The molecule has 1 aliphatic heterocycles. The second kappa shape index (κ2) is 23.2. The van der Waals surface area contributed by atoms with Gasteiger partial charge in [0.1, 0.15) is 11.6 Å². The van der Waals surface area contributed by atoms with Gasteiger partial charge in [0.2, 0.25) is 0 Å². The Morgan fingerprint density at radius 1 is 0.797 bits per heavy atom. The minimum atomic E-state index is -1.30. The van der Waals surface area contributed by atoms with E-state index >= 15 is 0 Å². The van der Waals surface area contributed by atoms with Gasteiger partial charge in [0.25, 0.3) is 0 Å². The number of anilines is 1. The first-order chi connectivity index (χ1) is 28.0. The summed E-state index contributed by atoms with van der Waals surface area (Å²) >= 11 is 0. The normalized spacial score (nSPS) is 19.7. The summed E-state index contributed by atoms with van der Waals surface area (Å²) in [5.74, 6) is -0.373. The standard InChI is InChI=1S/C45H73N3O9Si2/c1-33(18-14-16-25-51-27-24-47-44(50)54-29-31-59(7,8)9)42-55-43(48-40-37-21-12-10-19-35(37)34(2)36-20-11-13-22-38(36)40)45(3,57-56-42)23-15-17-26-52-32-39(46)41(49)53-28-30-58(4,5)6/h10-13,19-22,33,39,42-43,48H,14-18,23-32,46H2,1-9H3,(H,47,50). The number of carbonyl (C=O) groups excluding carboxylic acids is 2. The summed E-state index contributed by atoms with van der Waals surface area (Å²) in [5, 5.41) is 11.2. The second-order valence-electron chi connectivity index (χ2n) is 18.7. The topological polar surface area (TPSA) is 149 Å². The lowest BCUT2D eigenvalue weighted by Gasteiger charge is -2.45. The van der Waals surface area contributed by atoms with Crippen LogP contribution in [0.25, 0.3) is 21.5 Å². The third-order valence-corrected chi connectivity index (χ3v) is 14.2. The molecule has 5 unspecified atom stereocenters. The van der Waals surface area contributed by atoms with E-state index in [0.717, 1.165) is 60.7 Å². The number of rotatable bonds is 25. The Morgan fingerprint density at radius 3 is 2.00 bits per heavy atom. The van der Waals surface area contributed by atoms with E-state index in [-0.39, 0.29) is 18.6 Å². The van der Waals surface area contributed by atoms with Crippen molar-refractivity contribution in [3.05, 3.63) is 54.1 Å². The number of amides is 1. The molecule has 1 aliphatic rings. The Kier molecular flexibility index (Phi) is 19.1. The molecular formula is C45H73N3O9Si2. The van der Waals surface area contributed by atoms with Crippen LogP contribution in [0.5, 0.6) is 0 Å². The van der Waals surface area contributed by atoms with E-state index in [1.54, 1.807) is 0 Å². The van der Waals surface area contributed by atoms with Gasteiger partial charge in [-0.1, -0.05) is 101 Å². The van der Waals surface area contributed by atoms with Gasteiger partial charge in [0.15, 0.2) is 12.5 Å². The Bertz CT molecular complexity index is 1710. The number of benzene rings is 3. The number of alkyl carbamates (subject to hydrolysis) is 1. The van der Waals surface area contributed by atoms with Gasteiger partial charge in [-0.2, -0.15) is 0 Å². The number of aryl methyl sites for hydroxylation is 1. The molecule has 12 nitrogen and oxygen atoms in total. The maximum atomic E-state index is 12.3. The lowest BCUT2D eigenvalue weighted by Crippen LogP contribution is -2.56. The van der Waals surface area contributed by atoms with Gasteiger partial charge in [-0.15, -0.1) is 0 Å². The maximum absolute atomic E-state index is 12.3. The van der Waals surface area contributed by atoms with Gasteiger partial charge in [0, 0.05) is 52.6 Å². The van der Waals surface area contributed by atoms with Gasteiger partial charge in [-0.25, -0.2) is 14.6 Å². The van der Waals surface area contributed by atoms with Crippen molar-refractivity contribution in [3.63, 3.8) is 0 Å². The molecular weight excluding hydrogens is 783 g/mol. The number of carbonyl (C=O) groups is 2. The lowest BCUT2D eigenvalue weighted by molar-refractivity contribution is -0.491. The summed E-state index contributed by atoms with van der Waals surface area (Å²) in [6, 6.07) is 18.0. The second-order valence-corrected chi connectivity index (χ2v) is 29.9. The van der Waals surface area contributed by atoms with Crippen LogP contribution in [0, 0.1) is 12.8 Å². The van der Waals surface area contributed by atoms with Gasteiger partial charge >= 0.3 is 12.1 Å². The van der Waals surface area contributed by atoms with Crippen molar-refractivity contribution in [1.29, 1.82) is 0 Å². The molecule has 1 amide bonds. The smallest absolute Gasteiger partial charge is 0.407 e. The summed E-state index contributed by atoms with van der Waals surface area (Å²) in [4.78, 5) is 36.6. The fraction of sp³-hybridized carbons (Fsp3) is 0.644. The third kappa shape index (κ3) is 16.0. The molecule has 0 aromatic heterocycles. The van der Waals surface area contributed by atoms with E-state index in [9.17, 15) is 9.59 Å². The average molecular weight is 856 g/mol. The highest BCUT2D eigenvalue weighted by Gasteiger charge is 2.45. The molecule has 1 heterocycles. The summed E-state index contributed by atoms with van der Waals surface area (Å²) in [6.45, 7) is 22.7. The molecule has 0 bridgehead atoms. The van der Waals surface area contributed by atoms with Crippen LogP contribution < -0.4 is 16.4 Å². The van der Waals surface area contributed by atoms with E-state index in [0.29, 0.717) is 46.0 Å². The minimum Gasteiger partial charge on any atom is -0.465 e. The molecule has 14 heteroatoms. The highest BCUT2D eigenvalue weighted by Crippen LogP contribution is 2.40. The first kappa shape index (κ1) is 48.6. The molecule has 5 atom stereocenters. The molecule has 59 heavy (non-hydrogen) atoms. The van der Waals surface area contributed by atoms with Gasteiger partial charge in [-0.05, 0) is 74.4 Å². The van der Waals surface area contributed by atoms with Crippen LogP contribution >= 0.6 is 0 Å². The molecule has 0 spiro atoms. The van der Waals surface area contributed by atoms with Gasteiger partial charge < -0.3 is 40.1 Å². The van der Waals surface area contributed by atoms with Crippen LogP contribution in [0.1, 0.15) is 57.9 Å². The van der Waals surface area contributed by atoms with E-state index < -0.39 is 46.3 Å². The van der Waals surface area contributed by atoms with Crippen molar-refractivity contribution in [2.75, 3.05) is 51.5 Å². The Balaban J connectivity index is 1.31. The van der Waals surface area contributed by atoms with Crippen LogP contribution in [0.15, 0.2) is 48.5 Å². The zero-order valence-corrected chi connectivity index (χ0v) is 39.3. The lowest BCUT2D eigenvalue weighted by atomic mass is 9.93. The number of esters is 1. The van der Waals surface area contributed by atoms with Crippen LogP contribution in [-0.2, 0) is 38.3 Å². The van der Waals surface area contributed by atoms with Crippen molar-refractivity contribution in [3.8, 4) is 0 Å². The van der Waals surface area contributed by atoms with E-state index in [1.165, 1.54) is 16.3 Å². The van der Waals surface area contributed by atoms with E-state index in [1.807, 2.05) is 6.92 Å². The third-order valence-electron chi connectivity index (χ3n) is 10.8. The number of unbranched alkanes of at least 4 members (excludes halogenated alkanes) is 2. The van der Waals surface area contributed by atoms with E-state index in [4.69, 9.17) is 39.2 Å². The molecule has 0 aliphatic carbocycles. The molecule has 3 aromatic rings. The Labute approximate surface area is 354 Å². The first-order valence-corrected chi connectivity index (χ1v) is 29.0. The zero-order chi connectivity index (χ0) is 43.1. The quantitative estimate of drug-likeness (QED) is 0.0246. The number of fused-ring (bicyclic) bond motifs is 2. The summed E-state index contributed by atoms with van der Waals surface area (Å²) in [5.41, 5.74) is 7.46. The predicted octanol–water partition coefficient (Wildman–Crippen LogP) is 9.39. The number of nitrogens with one attached hydrogen (secondary N) is 2. The minimum absolute atomic E-state index is 0.0442. The van der Waals surface area contributed by atoms with Crippen LogP contribution in [0.3, 0.4) is 0 Å². The SMILES string of the molecule is Cc1c2ccccc2c(NC2OC(C(C)CCCCOCCNC(=O)OCC[Si](C)(C)C)OOC2(C)CCCCOCC(N)C(=O)OCC[Si](C)(C)C)c2ccccc12. The summed E-state index contributed by atoms with van der Waals surface area (Å²) < 4.78 is 29.1. The van der Waals surface area contributed by atoms with Crippen molar-refractivity contribution < 1.29 is 43.0 Å². The van der Waals surface area contributed by atoms with Crippen molar-refractivity contribution >= 4 is 55.4 Å². The number of nitrogens with two attached hydrogens (primary N) is 1. The van der Waals surface area contributed by atoms with E-state index in [2.05, 4.69) is 112 Å². The van der Waals surface area contributed by atoms with Gasteiger partial charge in [0.05, 0.1) is 32.1 Å². The molecule has 1 saturated heterocycles. The molecule has 0 saturated carbocycles. The highest BCUT2D eigenvalue weighted by molar-refractivity contribution is 6.76. The fourth-order valence-electron chi connectivity index (χ4n) is 6.88. The Hall–Kier alpha value is -3.09. The van der Waals surface area contributed by atoms with Crippen molar-refractivity contribution in [2.24, 2.45) is 11.7 Å². The molecule has 1 fully saturated rings. The molecule has 4 N–H and O–H groups in total. The maximum Gasteiger partial charge on any atom is 0.407 e. The number of hydrogen-bond donors (Lipinski definition) is 3. The molecule has 0 radical (unpaired) electrons. The van der Waals surface area contributed by atoms with Gasteiger partial charge in [-0.3, -0.25) is 4.79 Å². The molecule has 4 rings (SSSR count). The van der Waals surface area contributed by atoms with Crippen LogP contribution in [0.2, 0.25) is 51.4 Å². The summed E-state index contributed by atoms with van der Waals surface area (Å²) in [6.07, 6.45) is 3.26. The first-order valence-electron chi connectivity index (χ1n) is 21.6. The Morgan fingerprint density at radius 2 is 1.37 bits per heavy atom. The van der Waals surface area contributed by atoms with Crippen molar-refractivity contribution in [1.82, 2.24) is 5.32 Å². The zero-order valence-electron chi connectivity index (χ0n) is 37.3. The number of hydrogen-bond acceptors (Lipinski definition) is 11. The van der Waals surface area contributed by atoms with Crippen LogP contribution in [-0.4, -0.2) is 98.6 Å².